The van der Waals surface area contributed by atoms with Gasteiger partial charge in [0, 0.05) is 0 Å². The largest absolute Gasteiger partial charge is 0.485 e. The molecule has 0 aromatic heterocycles. The van der Waals surface area contributed by atoms with Crippen molar-refractivity contribution in [2.45, 2.75) is 26.1 Å². The van der Waals surface area contributed by atoms with E-state index in [0.29, 0.717) is 17.2 Å². The fourth-order valence-corrected chi connectivity index (χ4v) is 2.40. The number of benzene rings is 2. The zero-order chi connectivity index (χ0) is 18.5. The normalized spacial score (nSPS) is 16.3. The van der Waals surface area contributed by atoms with Gasteiger partial charge in [0.1, 0.15) is 12.4 Å². The molecule has 0 spiro atoms. The zero-order valence-electron chi connectivity index (χ0n) is 14.5. The summed E-state index contributed by atoms with van der Waals surface area (Å²) in [6, 6.07) is 14.4. The molecule has 1 heterocycles. The number of hydrogen-bond acceptors (Lipinski definition) is 5. The third-order valence-corrected chi connectivity index (χ3v) is 3.78. The Morgan fingerprint density at radius 1 is 1.12 bits per heavy atom. The maximum absolute atomic E-state index is 12.2. The van der Waals surface area contributed by atoms with Gasteiger partial charge in [0.2, 0.25) is 6.10 Å². The van der Waals surface area contributed by atoms with Crippen LogP contribution in [-0.4, -0.2) is 30.6 Å². The predicted octanol–water partition coefficient (Wildman–Crippen LogP) is 1.75. The van der Waals surface area contributed by atoms with E-state index in [1.807, 2.05) is 31.2 Å². The van der Waals surface area contributed by atoms with E-state index in [1.54, 1.807) is 31.2 Å². The highest BCUT2D eigenvalue weighted by Gasteiger charge is 2.28. The molecule has 2 atom stereocenters. The van der Waals surface area contributed by atoms with Crippen molar-refractivity contribution < 1.29 is 23.8 Å². The van der Waals surface area contributed by atoms with Gasteiger partial charge in [-0.3, -0.25) is 20.4 Å². The summed E-state index contributed by atoms with van der Waals surface area (Å²) in [7, 11) is 0. The van der Waals surface area contributed by atoms with Crippen molar-refractivity contribution in [3.8, 4) is 17.2 Å². The zero-order valence-corrected chi connectivity index (χ0v) is 14.5. The van der Waals surface area contributed by atoms with Gasteiger partial charge in [0.05, 0.1) is 0 Å². The average Bonchev–Trinajstić information content (AvgIpc) is 2.65. The lowest BCUT2D eigenvalue weighted by Crippen LogP contribution is -2.53. The lowest BCUT2D eigenvalue weighted by Gasteiger charge is -2.25. The number of para-hydroxylation sites is 2. The van der Waals surface area contributed by atoms with Gasteiger partial charge in [-0.25, -0.2) is 0 Å². The number of carbonyl (C=O) groups excluding carboxylic acids is 2. The van der Waals surface area contributed by atoms with Crippen LogP contribution in [0.4, 0.5) is 0 Å². The number of ether oxygens (including phenoxy) is 3. The minimum Gasteiger partial charge on any atom is -0.485 e. The number of amides is 2. The molecule has 1 aliphatic rings. The van der Waals surface area contributed by atoms with E-state index in [0.717, 1.165) is 5.56 Å². The maximum Gasteiger partial charge on any atom is 0.283 e. The van der Waals surface area contributed by atoms with Gasteiger partial charge in [-0.05, 0) is 43.7 Å². The van der Waals surface area contributed by atoms with E-state index in [-0.39, 0.29) is 6.61 Å². The van der Waals surface area contributed by atoms with Gasteiger partial charge < -0.3 is 14.2 Å². The monoisotopic (exact) mass is 356 g/mol. The highest BCUT2D eigenvalue weighted by atomic mass is 16.6. The maximum atomic E-state index is 12.2. The Bertz CT molecular complexity index is 808. The Morgan fingerprint density at radius 2 is 1.88 bits per heavy atom. The number of fused-ring (bicyclic) bond motifs is 1. The molecule has 2 aromatic rings. The van der Waals surface area contributed by atoms with Gasteiger partial charge in [0.15, 0.2) is 17.6 Å². The van der Waals surface area contributed by atoms with Crippen LogP contribution in [0, 0.1) is 6.92 Å². The van der Waals surface area contributed by atoms with E-state index in [1.165, 1.54) is 0 Å². The smallest absolute Gasteiger partial charge is 0.283 e. The summed E-state index contributed by atoms with van der Waals surface area (Å²) >= 11 is 0. The number of nitrogens with one attached hydrogen (secondary N) is 2. The Balaban J connectivity index is 1.49. The van der Waals surface area contributed by atoms with Crippen molar-refractivity contribution in [3.63, 3.8) is 0 Å². The van der Waals surface area contributed by atoms with E-state index >= 15 is 0 Å². The quantitative estimate of drug-likeness (QED) is 0.815. The van der Waals surface area contributed by atoms with Crippen molar-refractivity contribution in [2.75, 3.05) is 6.61 Å². The van der Waals surface area contributed by atoms with Crippen LogP contribution in [0.15, 0.2) is 48.5 Å². The molecule has 0 saturated carbocycles. The molecule has 0 bridgehead atoms. The van der Waals surface area contributed by atoms with E-state index < -0.39 is 24.0 Å². The first kappa shape index (κ1) is 17.6. The molecule has 1 aliphatic heterocycles. The molecule has 7 nitrogen and oxygen atoms in total. The van der Waals surface area contributed by atoms with Gasteiger partial charge in [-0.1, -0.05) is 24.3 Å². The molecule has 0 radical (unpaired) electrons. The first-order chi connectivity index (χ1) is 12.5. The molecule has 7 heteroatoms. The van der Waals surface area contributed by atoms with Crippen LogP contribution >= 0.6 is 0 Å². The number of hydrazine groups is 1. The molecule has 0 saturated heterocycles. The highest BCUT2D eigenvalue weighted by molar-refractivity contribution is 5.86. The van der Waals surface area contributed by atoms with E-state index in [4.69, 9.17) is 14.2 Å². The summed E-state index contributed by atoms with van der Waals surface area (Å²) in [5, 5.41) is 0. The van der Waals surface area contributed by atoms with Crippen molar-refractivity contribution in [1.82, 2.24) is 10.9 Å². The molecule has 2 amide bonds. The molecule has 26 heavy (non-hydrogen) atoms. The van der Waals surface area contributed by atoms with Crippen LogP contribution < -0.4 is 25.1 Å². The van der Waals surface area contributed by atoms with Crippen LogP contribution in [0.3, 0.4) is 0 Å². The number of carbonyl (C=O) groups is 2. The second kappa shape index (κ2) is 7.77. The number of aryl methyl sites for hydroxylation is 1. The number of rotatable bonds is 4. The fourth-order valence-electron chi connectivity index (χ4n) is 2.40. The van der Waals surface area contributed by atoms with Gasteiger partial charge in [-0.2, -0.15) is 0 Å². The average molecular weight is 356 g/mol. The first-order valence-electron chi connectivity index (χ1n) is 8.24. The molecule has 2 aromatic carbocycles. The summed E-state index contributed by atoms with van der Waals surface area (Å²) in [5.74, 6) is 0.675. The van der Waals surface area contributed by atoms with Crippen molar-refractivity contribution in [2.24, 2.45) is 0 Å². The summed E-state index contributed by atoms with van der Waals surface area (Å²) < 4.78 is 16.6. The standard InChI is InChI=1S/C19H20N2O5/c1-12-6-5-7-14(10-12)25-13(2)18(22)20-21-19(23)17-11-24-15-8-3-4-9-16(15)26-17/h3-10,13,17H,11H2,1-2H3,(H,20,22)(H,21,23)/t13-,17-/m0/s1. The summed E-state index contributed by atoms with van der Waals surface area (Å²) in [4.78, 5) is 24.3. The molecule has 0 fully saturated rings. The summed E-state index contributed by atoms with van der Waals surface area (Å²) in [6.45, 7) is 3.59. The fraction of sp³-hybridized carbons (Fsp3) is 0.263. The van der Waals surface area contributed by atoms with Crippen LogP contribution in [0.2, 0.25) is 0 Å². The lowest BCUT2D eigenvalue weighted by atomic mass is 10.2. The third-order valence-electron chi connectivity index (χ3n) is 3.78. The Labute approximate surface area is 151 Å². The Kier molecular flexibility index (Phi) is 5.26. The topological polar surface area (TPSA) is 85.9 Å². The molecule has 0 unspecified atom stereocenters. The summed E-state index contributed by atoms with van der Waals surface area (Å²) in [5.41, 5.74) is 5.70. The van der Waals surface area contributed by atoms with Crippen molar-refractivity contribution in [3.05, 3.63) is 54.1 Å². The first-order valence-corrected chi connectivity index (χ1v) is 8.24. The minimum atomic E-state index is -0.849. The minimum absolute atomic E-state index is 0.0636. The highest BCUT2D eigenvalue weighted by Crippen LogP contribution is 2.30. The molecular weight excluding hydrogens is 336 g/mol. The van der Waals surface area contributed by atoms with Crippen LogP contribution in [-0.2, 0) is 9.59 Å². The molecule has 136 valence electrons. The van der Waals surface area contributed by atoms with Crippen molar-refractivity contribution in [1.29, 1.82) is 0 Å². The van der Waals surface area contributed by atoms with Gasteiger partial charge in [0.25, 0.3) is 11.8 Å². The van der Waals surface area contributed by atoms with Crippen LogP contribution in [0.5, 0.6) is 17.2 Å². The third kappa shape index (κ3) is 4.24. The van der Waals surface area contributed by atoms with E-state index in [9.17, 15) is 9.59 Å². The van der Waals surface area contributed by atoms with Crippen LogP contribution in [0.1, 0.15) is 12.5 Å². The molecule has 0 aliphatic carbocycles. The summed E-state index contributed by atoms with van der Waals surface area (Å²) in [6.07, 6.45) is -1.63. The second-order valence-electron chi connectivity index (χ2n) is 5.92. The Hall–Kier alpha value is -3.22. The molecular formula is C19H20N2O5. The Morgan fingerprint density at radius 3 is 2.65 bits per heavy atom. The van der Waals surface area contributed by atoms with Crippen molar-refractivity contribution >= 4 is 11.8 Å². The second-order valence-corrected chi connectivity index (χ2v) is 5.92. The number of hydrogen-bond donors (Lipinski definition) is 2. The molecule has 2 N–H and O–H groups in total. The lowest BCUT2D eigenvalue weighted by molar-refractivity contribution is -0.137. The van der Waals surface area contributed by atoms with Gasteiger partial charge >= 0.3 is 0 Å². The van der Waals surface area contributed by atoms with Gasteiger partial charge in [-0.15, -0.1) is 0 Å². The molecule has 3 rings (SSSR count). The van der Waals surface area contributed by atoms with E-state index in [2.05, 4.69) is 10.9 Å². The SMILES string of the molecule is Cc1cccc(O[C@@H](C)C(=O)NNC(=O)[C@@H]2COc3ccccc3O2)c1. The predicted molar refractivity (Wildman–Crippen MR) is 93.9 cm³/mol. The van der Waals surface area contributed by atoms with Crippen LogP contribution in [0.25, 0.3) is 0 Å².